The van der Waals surface area contributed by atoms with Crippen LogP contribution in [0.5, 0.6) is 0 Å². The minimum absolute atomic E-state index is 0.371. The molecule has 0 unspecified atom stereocenters. The Hall–Kier alpha value is -2.76. The number of benzene rings is 1. The van der Waals surface area contributed by atoms with E-state index in [1.807, 2.05) is 0 Å². The van der Waals surface area contributed by atoms with Crippen LogP contribution >= 0.6 is 0 Å². The highest BCUT2D eigenvalue weighted by Gasteiger charge is 2.24. The maximum absolute atomic E-state index is 12.6. The van der Waals surface area contributed by atoms with Crippen LogP contribution < -0.4 is 0 Å². The van der Waals surface area contributed by atoms with E-state index in [-0.39, 0.29) is 0 Å². The number of hydrogen-bond donors (Lipinski definition) is 0. The summed E-state index contributed by atoms with van der Waals surface area (Å²) in [6.07, 6.45) is 11.4. The van der Waals surface area contributed by atoms with Gasteiger partial charge in [0.1, 0.15) is 0 Å². The molecule has 3 rings (SSSR count). The average Bonchev–Trinajstić information content (AvgIpc) is 2.89. The third-order valence-corrected chi connectivity index (χ3v) is 7.07. The van der Waals surface area contributed by atoms with E-state index in [1.54, 1.807) is 24.3 Å². The van der Waals surface area contributed by atoms with E-state index in [9.17, 15) is 9.59 Å². The summed E-state index contributed by atoms with van der Waals surface area (Å²) >= 11 is 0. The average molecular weight is 471 g/mol. The largest absolute Gasteiger partial charge is 0.502 e. The van der Waals surface area contributed by atoms with Crippen molar-refractivity contribution >= 4 is 11.9 Å². The van der Waals surface area contributed by atoms with E-state index in [2.05, 4.69) is 13.2 Å². The number of rotatable bonds is 12. The molecular weight excluding hydrogens is 432 g/mol. The van der Waals surface area contributed by atoms with E-state index in [0.29, 0.717) is 61.2 Å². The molecule has 2 saturated carbocycles. The van der Waals surface area contributed by atoms with Crippen LogP contribution in [-0.2, 0) is 18.9 Å². The summed E-state index contributed by atoms with van der Waals surface area (Å²) in [6.45, 7) is 9.40. The summed E-state index contributed by atoms with van der Waals surface area (Å²) in [4.78, 5) is 25.1. The van der Waals surface area contributed by atoms with Gasteiger partial charge in [-0.15, -0.1) is 0 Å². The lowest BCUT2D eigenvalue weighted by Gasteiger charge is -2.27. The Bertz CT molecular complexity index is 740. The van der Waals surface area contributed by atoms with Crippen molar-refractivity contribution in [2.24, 2.45) is 23.7 Å². The Balaban J connectivity index is 1.39. The molecule has 2 aliphatic rings. The van der Waals surface area contributed by atoms with Crippen LogP contribution in [0.4, 0.5) is 0 Å². The molecule has 2 fully saturated rings. The SMILES string of the molecule is C=COCC1CCC(COC(=O)c2cccc(C(=O)OCC3CCC(COC=C)CC3)c2)CC1. The molecule has 0 aromatic heterocycles. The van der Waals surface area contributed by atoms with E-state index < -0.39 is 11.9 Å². The molecule has 0 aliphatic heterocycles. The number of hydrogen-bond acceptors (Lipinski definition) is 6. The van der Waals surface area contributed by atoms with Crippen molar-refractivity contribution < 1.29 is 28.5 Å². The summed E-state index contributed by atoms with van der Waals surface area (Å²) in [5, 5.41) is 0. The predicted octanol–water partition coefficient (Wildman–Crippen LogP) is 5.93. The molecule has 2 aliphatic carbocycles. The normalized spacial score (nSPS) is 24.5. The Morgan fingerprint density at radius 3 is 1.38 bits per heavy atom. The molecular formula is C28H38O6. The third-order valence-electron chi connectivity index (χ3n) is 7.07. The predicted molar refractivity (Wildman–Crippen MR) is 130 cm³/mol. The molecule has 0 spiro atoms. The van der Waals surface area contributed by atoms with Gasteiger partial charge in [0.15, 0.2) is 0 Å². The highest BCUT2D eigenvalue weighted by Crippen LogP contribution is 2.30. The molecule has 0 radical (unpaired) electrons. The molecule has 0 bridgehead atoms. The van der Waals surface area contributed by atoms with Crippen LogP contribution in [0, 0.1) is 23.7 Å². The zero-order chi connectivity index (χ0) is 24.2. The summed E-state index contributed by atoms with van der Waals surface area (Å²) in [5.41, 5.74) is 0.760. The fraction of sp³-hybridized carbons (Fsp3) is 0.571. The third kappa shape index (κ3) is 8.23. The Kier molecular flexibility index (Phi) is 10.5. The molecule has 1 aromatic rings. The quantitative estimate of drug-likeness (QED) is 0.278. The number of carbonyl (C=O) groups is 2. The molecule has 0 N–H and O–H groups in total. The highest BCUT2D eigenvalue weighted by atomic mass is 16.5. The second-order valence-electron chi connectivity index (χ2n) is 9.55. The van der Waals surface area contributed by atoms with Crippen molar-refractivity contribution in [1.82, 2.24) is 0 Å². The van der Waals surface area contributed by atoms with Crippen molar-refractivity contribution in [1.29, 1.82) is 0 Å². The number of ether oxygens (including phenoxy) is 4. The first-order valence-corrected chi connectivity index (χ1v) is 12.5. The Morgan fingerprint density at radius 2 is 1.03 bits per heavy atom. The molecule has 34 heavy (non-hydrogen) atoms. The minimum atomic E-state index is -0.396. The monoisotopic (exact) mass is 470 g/mol. The highest BCUT2D eigenvalue weighted by molar-refractivity contribution is 5.95. The van der Waals surface area contributed by atoms with E-state index in [1.165, 1.54) is 12.5 Å². The maximum atomic E-state index is 12.6. The molecule has 6 heteroatoms. The van der Waals surface area contributed by atoms with Gasteiger partial charge in [0.05, 0.1) is 50.1 Å². The van der Waals surface area contributed by atoms with Gasteiger partial charge in [0.2, 0.25) is 0 Å². The van der Waals surface area contributed by atoms with Crippen molar-refractivity contribution in [2.75, 3.05) is 26.4 Å². The van der Waals surface area contributed by atoms with Gasteiger partial charge in [-0.25, -0.2) is 9.59 Å². The van der Waals surface area contributed by atoms with Gasteiger partial charge < -0.3 is 18.9 Å². The second-order valence-corrected chi connectivity index (χ2v) is 9.55. The van der Waals surface area contributed by atoms with E-state index >= 15 is 0 Å². The zero-order valence-electron chi connectivity index (χ0n) is 20.1. The van der Waals surface area contributed by atoms with Gasteiger partial charge in [-0.2, -0.15) is 0 Å². The first-order valence-electron chi connectivity index (χ1n) is 12.5. The van der Waals surface area contributed by atoms with Crippen LogP contribution in [0.3, 0.4) is 0 Å². The van der Waals surface area contributed by atoms with Gasteiger partial charge in [0.25, 0.3) is 0 Å². The fourth-order valence-electron chi connectivity index (χ4n) is 4.86. The maximum Gasteiger partial charge on any atom is 0.338 e. The molecule has 6 nitrogen and oxygen atoms in total. The summed E-state index contributed by atoms with van der Waals surface area (Å²) in [5.74, 6) is 1.05. The molecule has 0 saturated heterocycles. The molecule has 186 valence electrons. The summed E-state index contributed by atoms with van der Waals surface area (Å²) in [7, 11) is 0. The lowest BCUT2D eigenvalue weighted by molar-refractivity contribution is 0.0374. The van der Waals surface area contributed by atoms with Gasteiger partial charge in [-0.1, -0.05) is 19.2 Å². The Morgan fingerprint density at radius 1 is 0.676 bits per heavy atom. The summed E-state index contributed by atoms with van der Waals surface area (Å²) < 4.78 is 21.7. The minimum Gasteiger partial charge on any atom is -0.502 e. The van der Waals surface area contributed by atoms with Crippen LogP contribution in [-0.4, -0.2) is 38.4 Å². The number of esters is 2. The van der Waals surface area contributed by atoms with Crippen molar-refractivity contribution in [3.63, 3.8) is 0 Å². The second kappa shape index (κ2) is 13.8. The first-order chi connectivity index (χ1) is 16.6. The van der Waals surface area contributed by atoms with Crippen LogP contribution in [0.1, 0.15) is 72.1 Å². The van der Waals surface area contributed by atoms with Crippen molar-refractivity contribution in [3.05, 3.63) is 61.1 Å². The fourth-order valence-corrected chi connectivity index (χ4v) is 4.86. The molecule has 0 amide bonds. The van der Waals surface area contributed by atoms with Gasteiger partial charge in [-0.3, -0.25) is 0 Å². The molecule has 0 atom stereocenters. The van der Waals surface area contributed by atoms with E-state index in [4.69, 9.17) is 18.9 Å². The first kappa shape index (κ1) is 25.9. The topological polar surface area (TPSA) is 71.1 Å². The summed E-state index contributed by atoms with van der Waals surface area (Å²) in [6, 6.07) is 6.62. The Labute approximate surface area is 203 Å². The van der Waals surface area contributed by atoms with Crippen LogP contribution in [0.15, 0.2) is 49.9 Å². The standard InChI is InChI=1S/C28H38O6/c1-3-31-17-21-8-12-23(13-9-21)19-33-27(29)25-6-5-7-26(16-25)28(30)34-20-24-14-10-22(11-15-24)18-32-4-2/h3-7,16,21-24H,1-2,8-15,17-20H2. The smallest absolute Gasteiger partial charge is 0.338 e. The number of carbonyl (C=O) groups excluding carboxylic acids is 2. The van der Waals surface area contributed by atoms with Crippen molar-refractivity contribution in [2.45, 2.75) is 51.4 Å². The van der Waals surface area contributed by atoms with Gasteiger partial charge >= 0.3 is 11.9 Å². The molecule has 1 aromatic carbocycles. The van der Waals surface area contributed by atoms with E-state index in [0.717, 1.165) is 51.4 Å². The van der Waals surface area contributed by atoms with Crippen molar-refractivity contribution in [3.8, 4) is 0 Å². The lowest BCUT2D eigenvalue weighted by atomic mass is 9.83. The van der Waals surface area contributed by atoms with Gasteiger partial charge in [0, 0.05) is 0 Å². The molecule has 0 heterocycles. The zero-order valence-corrected chi connectivity index (χ0v) is 20.1. The lowest BCUT2D eigenvalue weighted by Crippen LogP contribution is -2.23. The van der Waals surface area contributed by atoms with Crippen LogP contribution in [0.25, 0.3) is 0 Å². The van der Waals surface area contributed by atoms with Crippen LogP contribution in [0.2, 0.25) is 0 Å². The van der Waals surface area contributed by atoms with Gasteiger partial charge in [-0.05, 0) is 93.2 Å².